The fourth-order valence-corrected chi connectivity index (χ4v) is 4.35. The number of hydrogen-bond donors (Lipinski definition) is 2. The van der Waals surface area contributed by atoms with Gasteiger partial charge < -0.3 is 10.6 Å². The number of hydrogen-bond acceptors (Lipinski definition) is 4. The molecule has 1 unspecified atom stereocenters. The molecule has 0 bridgehead atoms. The minimum Gasteiger partial charge on any atom is -0.355 e. The highest BCUT2D eigenvalue weighted by Gasteiger charge is 2.11. The van der Waals surface area contributed by atoms with E-state index in [0.717, 1.165) is 16.9 Å². The summed E-state index contributed by atoms with van der Waals surface area (Å²) in [5.41, 5.74) is 2.24. The van der Waals surface area contributed by atoms with Gasteiger partial charge in [-0.3, -0.25) is 4.79 Å². The quantitative estimate of drug-likeness (QED) is 0.491. The first-order valence-electron chi connectivity index (χ1n) is 9.53. The molecule has 0 spiro atoms. The van der Waals surface area contributed by atoms with Crippen LogP contribution in [0.25, 0.3) is 21.0 Å². The lowest BCUT2D eigenvalue weighted by Crippen LogP contribution is -2.36. The van der Waals surface area contributed by atoms with Crippen molar-refractivity contribution in [2.45, 2.75) is 19.4 Å². The standard InChI is InChI=1S/C23H23N3OS/c1-16(18-10-6-8-17-7-2-3-9-19(17)18)25-15-22(27)24-14-13-23-26-20-11-4-5-12-21(20)28-23/h2-12,16,25H,13-15H2,1H3,(H,24,27). The van der Waals surface area contributed by atoms with Gasteiger partial charge in [0.25, 0.3) is 0 Å². The lowest BCUT2D eigenvalue weighted by atomic mass is 10.00. The van der Waals surface area contributed by atoms with Crippen LogP contribution in [0.4, 0.5) is 0 Å². The maximum absolute atomic E-state index is 12.2. The minimum absolute atomic E-state index is 0.00759. The van der Waals surface area contributed by atoms with E-state index < -0.39 is 0 Å². The number of aromatic nitrogens is 1. The molecular formula is C23H23N3OS. The monoisotopic (exact) mass is 389 g/mol. The first-order valence-corrected chi connectivity index (χ1v) is 10.3. The zero-order valence-electron chi connectivity index (χ0n) is 15.8. The molecule has 3 aromatic carbocycles. The molecular weight excluding hydrogens is 366 g/mol. The summed E-state index contributed by atoms with van der Waals surface area (Å²) in [5.74, 6) is 0.00759. The smallest absolute Gasteiger partial charge is 0.233 e. The van der Waals surface area contributed by atoms with E-state index in [0.29, 0.717) is 13.1 Å². The fourth-order valence-electron chi connectivity index (χ4n) is 3.38. The van der Waals surface area contributed by atoms with Crippen LogP contribution < -0.4 is 10.6 Å². The SMILES string of the molecule is CC(NCC(=O)NCCc1nc2ccccc2s1)c1cccc2ccccc12. The summed E-state index contributed by atoms with van der Waals surface area (Å²) in [5, 5.41) is 9.81. The Labute approximate surface area is 168 Å². The third-order valence-electron chi connectivity index (χ3n) is 4.86. The average molecular weight is 390 g/mol. The van der Waals surface area contributed by atoms with E-state index in [1.165, 1.54) is 21.0 Å². The summed E-state index contributed by atoms with van der Waals surface area (Å²) in [6.07, 6.45) is 0.754. The molecule has 1 aromatic heterocycles. The second-order valence-corrected chi connectivity index (χ2v) is 7.96. The van der Waals surface area contributed by atoms with Gasteiger partial charge in [-0.1, -0.05) is 54.6 Å². The third kappa shape index (κ3) is 4.21. The van der Waals surface area contributed by atoms with Gasteiger partial charge in [-0.2, -0.15) is 0 Å². The molecule has 0 fully saturated rings. The molecule has 4 nitrogen and oxygen atoms in total. The number of thiazole rings is 1. The van der Waals surface area contributed by atoms with Crippen LogP contribution in [-0.4, -0.2) is 24.0 Å². The number of fused-ring (bicyclic) bond motifs is 2. The number of nitrogens with zero attached hydrogens (tertiary/aromatic N) is 1. The Morgan fingerprint density at radius 1 is 1.04 bits per heavy atom. The van der Waals surface area contributed by atoms with Crippen molar-refractivity contribution in [1.29, 1.82) is 0 Å². The van der Waals surface area contributed by atoms with Crippen LogP contribution in [0.2, 0.25) is 0 Å². The second-order valence-electron chi connectivity index (χ2n) is 6.85. The highest BCUT2D eigenvalue weighted by Crippen LogP contribution is 2.24. The minimum atomic E-state index is 0.00759. The number of para-hydroxylation sites is 1. The van der Waals surface area contributed by atoms with Crippen LogP contribution in [0.1, 0.15) is 23.5 Å². The van der Waals surface area contributed by atoms with E-state index >= 15 is 0 Å². The average Bonchev–Trinajstić information content (AvgIpc) is 3.14. The Hall–Kier alpha value is -2.76. The van der Waals surface area contributed by atoms with E-state index in [2.05, 4.69) is 58.9 Å². The largest absolute Gasteiger partial charge is 0.355 e. The zero-order chi connectivity index (χ0) is 19.3. The topological polar surface area (TPSA) is 54.0 Å². The lowest BCUT2D eigenvalue weighted by molar-refractivity contribution is -0.120. The van der Waals surface area contributed by atoms with Crippen molar-refractivity contribution in [3.63, 3.8) is 0 Å². The zero-order valence-corrected chi connectivity index (χ0v) is 16.6. The molecule has 1 amide bonds. The number of carbonyl (C=O) groups is 1. The first-order chi connectivity index (χ1) is 13.7. The van der Waals surface area contributed by atoms with Crippen LogP contribution in [0.5, 0.6) is 0 Å². The lowest BCUT2D eigenvalue weighted by Gasteiger charge is -2.16. The third-order valence-corrected chi connectivity index (χ3v) is 5.95. The molecule has 2 N–H and O–H groups in total. The summed E-state index contributed by atoms with van der Waals surface area (Å²) < 4.78 is 1.19. The van der Waals surface area contributed by atoms with Crippen molar-refractivity contribution in [1.82, 2.24) is 15.6 Å². The Balaban J connectivity index is 1.28. The molecule has 0 saturated carbocycles. The maximum atomic E-state index is 12.2. The maximum Gasteiger partial charge on any atom is 0.233 e. The van der Waals surface area contributed by atoms with E-state index in [1.54, 1.807) is 11.3 Å². The van der Waals surface area contributed by atoms with Gasteiger partial charge in [0.1, 0.15) is 0 Å². The summed E-state index contributed by atoms with van der Waals surface area (Å²) in [7, 11) is 0. The van der Waals surface area contributed by atoms with Crippen LogP contribution >= 0.6 is 11.3 Å². The summed E-state index contributed by atoms with van der Waals surface area (Å²) in [6.45, 7) is 2.99. The van der Waals surface area contributed by atoms with Gasteiger partial charge in [0.15, 0.2) is 0 Å². The summed E-state index contributed by atoms with van der Waals surface area (Å²) in [6, 6.07) is 22.8. The van der Waals surface area contributed by atoms with Crippen molar-refractivity contribution in [2.24, 2.45) is 0 Å². The van der Waals surface area contributed by atoms with Gasteiger partial charge in [-0.25, -0.2) is 4.98 Å². The molecule has 142 valence electrons. The summed E-state index contributed by atoms with van der Waals surface area (Å²) >= 11 is 1.69. The van der Waals surface area contributed by atoms with Crippen molar-refractivity contribution in [3.8, 4) is 0 Å². The van der Waals surface area contributed by atoms with Crippen molar-refractivity contribution in [3.05, 3.63) is 77.3 Å². The van der Waals surface area contributed by atoms with Crippen molar-refractivity contribution < 1.29 is 4.79 Å². The molecule has 28 heavy (non-hydrogen) atoms. The molecule has 5 heteroatoms. The highest BCUT2D eigenvalue weighted by molar-refractivity contribution is 7.18. The number of benzene rings is 3. The van der Waals surface area contributed by atoms with Crippen molar-refractivity contribution >= 4 is 38.2 Å². The molecule has 4 rings (SSSR count). The van der Waals surface area contributed by atoms with Gasteiger partial charge in [0.05, 0.1) is 21.8 Å². The van der Waals surface area contributed by atoms with E-state index in [-0.39, 0.29) is 11.9 Å². The predicted octanol–water partition coefficient (Wildman–Crippen LogP) is 4.46. The van der Waals surface area contributed by atoms with Gasteiger partial charge >= 0.3 is 0 Å². The van der Waals surface area contributed by atoms with Gasteiger partial charge in [-0.15, -0.1) is 11.3 Å². The molecule has 4 aromatic rings. The number of nitrogens with one attached hydrogen (secondary N) is 2. The Morgan fingerprint density at radius 3 is 2.71 bits per heavy atom. The van der Waals surface area contributed by atoms with E-state index in [1.807, 2.05) is 30.3 Å². The number of amides is 1. The second kappa shape index (κ2) is 8.50. The van der Waals surface area contributed by atoms with Crippen LogP contribution in [0.3, 0.4) is 0 Å². The first kappa shape index (κ1) is 18.6. The van der Waals surface area contributed by atoms with Crippen LogP contribution in [-0.2, 0) is 11.2 Å². The molecule has 0 aliphatic heterocycles. The van der Waals surface area contributed by atoms with E-state index in [4.69, 9.17) is 0 Å². The Bertz CT molecular complexity index is 1070. The number of carbonyl (C=O) groups excluding carboxylic acids is 1. The Morgan fingerprint density at radius 2 is 1.82 bits per heavy atom. The molecule has 1 heterocycles. The number of rotatable bonds is 7. The fraction of sp³-hybridized carbons (Fsp3) is 0.217. The Kier molecular flexibility index (Phi) is 5.65. The highest BCUT2D eigenvalue weighted by atomic mass is 32.1. The molecule has 0 aliphatic carbocycles. The van der Waals surface area contributed by atoms with E-state index in [9.17, 15) is 4.79 Å². The molecule has 0 saturated heterocycles. The molecule has 0 aliphatic rings. The van der Waals surface area contributed by atoms with Crippen molar-refractivity contribution in [2.75, 3.05) is 13.1 Å². The molecule has 0 radical (unpaired) electrons. The van der Waals surface area contributed by atoms with Gasteiger partial charge in [0, 0.05) is 19.0 Å². The van der Waals surface area contributed by atoms with Crippen LogP contribution in [0, 0.1) is 0 Å². The van der Waals surface area contributed by atoms with Gasteiger partial charge in [-0.05, 0) is 35.4 Å². The van der Waals surface area contributed by atoms with Gasteiger partial charge in [0.2, 0.25) is 5.91 Å². The molecule has 1 atom stereocenters. The predicted molar refractivity (Wildman–Crippen MR) is 117 cm³/mol. The summed E-state index contributed by atoms with van der Waals surface area (Å²) in [4.78, 5) is 16.8. The normalized spacial score (nSPS) is 12.3. The van der Waals surface area contributed by atoms with Crippen LogP contribution in [0.15, 0.2) is 66.7 Å².